The molecule has 2 rings (SSSR count). The highest BCUT2D eigenvalue weighted by atomic mass is 35.5. The molecule has 0 aliphatic heterocycles. The van der Waals surface area contributed by atoms with Gasteiger partial charge >= 0.3 is 0 Å². The maximum atomic E-state index is 6.18. The van der Waals surface area contributed by atoms with E-state index in [4.69, 9.17) is 28.9 Å². The molecule has 0 saturated heterocycles. The summed E-state index contributed by atoms with van der Waals surface area (Å²) in [5.41, 5.74) is 8.40. The molecule has 2 aromatic rings. The number of nitrogens with one attached hydrogen (secondary N) is 1. The Kier molecular flexibility index (Phi) is 4.17. The number of rotatable bonds is 3. The average Bonchev–Trinajstić information content (AvgIpc) is 2.33. The van der Waals surface area contributed by atoms with Gasteiger partial charge in [-0.3, -0.25) is 0 Å². The van der Waals surface area contributed by atoms with Gasteiger partial charge in [0.25, 0.3) is 0 Å². The molecule has 0 saturated carbocycles. The fourth-order valence-electron chi connectivity index (χ4n) is 1.80. The van der Waals surface area contributed by atoms with Gasteiger partial charge in [0.1, 0.15) is 5.82 Å². The van der Waals surface area contributed by atoms with Gasteiger partial charge in [0.15, 0.2) is 0 Å². The van der Waals surface area contributed by atoms with Gasteiger partial charge in [-0.1, -0.05) is 29.3 Å². The van der Waals surface area contributed by atoms with Crippen LogP contribution in [0.5, 0.6) is 0 Å². The van der Waals surface area contributed by atoms with E-state index in [1.54, 1.807) is 12.3 Å². The fraction of sp³-hybridized carbons (Fsp3) is 0.214. The molecule has 1 aromatic heterocycles. The first-order valence-corrected chi connectivity index (χ1v) is 6.66. The monoisotopic (exact) mass is 295 g/mol. The second-order valence-corrected chi connectivity index (χ2v) is 5.30. The number of aromatic nitrogens is 1. The lowest BCUT2D eigenvalue weighted by Gasteiger charge is -2.17. The number of aryl methyl sites for hydroxylation is 1. The molecule has 0 amide bonds. The molecule has 0 aliphatic carbocycles. The molecule has 5 heteroatoms. The third kappa shape index (κ3) is 3.31. The van der Waals surface area contributed by atoms with Crippen molar-refractivity contribution in [2.45, 2.75) is 19.9 Å². The summed E-state index contributed by atoms with van der Waals surface area (Å²) in [6.45, 7) is 3.96. The average molecular weight is 296 g/mol. The quantitative estimate of drug-likeness (QED) is 0.879. The van der Waals surface area contributed by atoms with Crippen LogP contribution in [0.4, 0.5) is 11.5 Å². The number of hydrogen-bond donors (Lipinski definition) is 2. The smallest absolute Gasteiger partial charge is 0.126 e. The topological polar surface area (TPSA) is 50.9 Å². The fourth-order valence-corrected chi connectivity index (χ4v) is 2.37. The zero-order valence-electron chi connectivity index (χ0n) is 10.7. The summed E-state index contributed by atoms with van der Waals surface area (Å²) in [7, 11) is 0. The van der Waals surface area contributed by atoms with Crippen LogP contribution in [0.1, 0.15) is 24.1 Å². The van der Waals surface area contributed by atoms with E-state index in [-0.39, 0.29) is 6.04 Å². The molecule has 1 heterocycles. The highest BCUT2D eigenvalue weighted by molar-refractivity contribution is 6.35. The number of hydrogen-bond acceptors (Lipinski definition) is 3. The largest absolute Gasteiger partial charge is 0.397 e. The van der Waals surface area contributed by atoms with Crippen LogP contribution < -0.4 is 11.1 Å². The number of anilines is 2. The maximum Gasteiger partial charge on any atom is 0.126 e. The Bertz CT molecular complexity index is 599. The van der Waals surface area contributed by atoms with Crippen molar-refractivity contribution in [3.8, 4) is 0 Å². The molecule has 100 valence electrons. The third-order valence-corrected chi connectivity index (χ3v) is 3.51. The minimum atomic E-state index is 0.0280. The van der Waals surface area contributed by atoms with Crippen LogP contribution in [-0.4, -0.2) is 4.98 Å². The van der Waals surface area contributed by atoms with Gasteiger partial charge in [0.2, 0.25) is 0 Å². The Morgan fingerprint density at radius 3 is 2.63 bits per heavy atom. The van der Waals surface area contributed by atoms with Gasteiger partial charge in [0, 0.05) is 10.0 Å². The number of nitrogens with zero attached hydrogens (tertiary/aromatic N) is 1. The van der Waals surface area contributed by atoms with E-state index < -0.39 is 0 Å². The lowest BCUT2D eigenvalue weighted by Crippen LogP contribution is -2.09. The van der Waals surface area contributed by atoms with Crippen LogP contribution in [0.25, 0.3) is 0 Å². The number of halogens is 2. The first-order valence-electron chi connectivity index (χ1n) is 5.91. The summed E-state index contributed by atoms with van der Waals surface area (Å²) < 4.78 is 0. The third-order valence-electron chi connectivity index (χ3n) is 2.94. The Balaban J connectivity index is 2.20. The predicted octanol–water partition coefficient (Wildman–Crippen LogP) is 4.45. The van der Waals surface area contributed by atoms with Crippen molar-refractivity contribution >= 4 is 34.7 Å². The standard InChI is InChI=1S/C14H15Cl2N3/c1-8-5-14(18-7-13(8)17)19-9(2)11-4-3-10(15)6-12(11)16/h3-7,9H,17H2,1-2H3,(H,18,19). The molecule has 0 aliphatic rings. The zero-order valence-corrected chi connectivity index (χ0v) is 12.3. The van der Waals surface area contributed by atoms with Crippen molar-refractivity contribution in [2.24, 2.45) is 0 Å². The summed E-state index contributed by atoms with van der Waals surface area (Å²) in [5, 5.41) is 4.56. The van der Waals surface area contributed by atoms with Gasteiger partial charge < -0.3 is 11.1 Å². The molecule has 19 heavy (non-hydrogen) atoms. The predicted molar refractivity (Wildman–Crippen MR) is 81.9 cm³/mol. The molecule has 3 nitrogen and oxygen atoms in total. The van der Waals surface area contributed by atoms with Gasteiger partial charge in [-0.05, 0) is 43.2 Å². The first-order chi connectivity index (χ1) is 8.97. The minimum Gasteiger partial charge on any atom is -0.397 e. The van der Waals surface area contributed by atoms with E-state index in [1.807, 2.05) is 32.0 Å². The molecule has 0 bridgehead atoms. The van der Waals surface area contributed by atoms with E-state index >= 15 is 0 Å². The second kappa shape index (κ2) is 5.68. The summed E-state index contributed by atoms with van der Waals surface area (Å²) in [5.74, 6) is 0.769. The number of benzene rings is 1. The van der Waals surface area contributed by atoms with Crippen molar-refractivity contribution in [1.82, 2.24) is 4.98 Å². The molecular weight excluding hydrogens is 281 g/mol. The SMILES string of the molecule is Cc1cc(NC(C)c2ccc(Cl)cc2Cl)ncc1N. The zero-order chi connectivity index (χ0) is 14.0. The Morgan fingerprint density at radius 2 is 2.00 bits per heavy atom. The van der Waals surface area contributed by atoms with E-state index in [1.165, 1.54) is 0 Å². The molecular formula is C14H15Cl2N3. The summed E-state index contributed by atoms with van der Waals surface area (Å²) in [4.78, 5) is 4.25. The molecule has 1 aromatic carbocycles. The number of nitrogens with two attached hydrogens (primary N) is 1. The molecule has 0 spiro atoms. The van der Waals surface area contributed by atoms with Gasteiger partial charge in [0.05, 0.1) is 17.9 Å². The van der Waals surface area contributed by atoms with Crippen LogP contribution in [0.15, 0.2) is 30.5 Å². The van der Waals surface area contributed by atoms with Crippen LogP contribution in [0.3, 0.4) is 0 Å². The second-order valence-electron chi connectivity index (χ2n) is 4.46. The van der Waals surface area contributed by atoms with E-state index in [2.05, 4.69) is 10.3 Å². The minimum absolute atomic E-state index is 0.0280. The normalized spacial score (nSPS) is 12.2. The van der Waals surface area contributed by atoms with Crippen molar-refractivity contribution in [3.05, 3.63) is 51.6 Å². The van der Waals surface area contributed by atoms with Crippen LogP contribution in [-0.2, 0) is 0 Å². The molecule has 0 fully saturated rings. The van der Waals surface area contributed by atoms with Gasteiger partial charge in [-0.25, -0.2) is 4.98 Å². The number of nitrogen functional groups attached to an aromatic ring is 1. The Hall–Kier alpha value is -1.45. The van der Waals surface area contributed by atoms with Gasteiger partial charge in [-0.2, -0.15) is 0 Å². The summed E-state index contributed by atoms with van der Waals surface area (Å²) in [6, 6.07) is 7.41. The van der Waals surface area contributed by atoms with Crippen LogP contribution in [0, 0.1) is 6.92 Å². The maximum absolute atomic E-state index is 6.18. The molecule has 3 N–H and O–H groups in total. The molecule has 1 atom stereocenters. The van der Waals surface area contributed by atoms with E-state index in [9.17, 15) is 0 Å². The van der Waals surface area contributed by atoms with Gasteiger partial charge in [-0.15, -0.1) is 0 Å². The van der Waals surface area contributed by atoms with Crippen molar-refractivity contribution in [2.75, 3.05) is 11.1 Å². The molecule has 0 radical (unpaired) electrons. The van der Waals surface area contributed by atoms with E-state index in [0.717, 1.165) is 16.9 Å². The summed E-state index contributed by atoms with van der Waals surface area (Å²) in [6.07, 6.45) is 1.65. The first kappa shape index (κ1) is 14.0. The Morgan fingerprint density at radius 1 is 1.26 bits per heavy atom. The molecule has 1 unspecified atom stereocenters. The highest BCUT2D eigenvalue weighted by Gasteiger charge is 2.11. The number of pyridine rings is 1. The van der Waals surface area contributed by atoms with Crippen LogP contribution in [0.2, 0.25) is 10.0 Å². The van der Waals surface area contributed by atoms with Crippen LogP contribution >= 0.6 is 23.2 Å². The lowest BCUT2D eigenvalue weighted by molar-refractivity contribution is 0.874. The lowest BCUT2D eigenvalue weighted by atomic mass is 10.1. The highest BCUT2D eigenvalue weighted by Crippen LogP contribution is 2.28. The van der Waals surface area contributed by atoms with Crippen molar-refractivity contribution in [1.29, 1.82) is 0 Å². The van der Waals surface area contributed by atoms with E-state index in [0.29, 0.717) is 15.7 Å². The summed E-state index contributed by atoms with van der Waals surface area (Å²) >= 11 is 12.1. The van der Waals surface area contributed by atoms with Crippen molar-refractivity contribution < 1.29 is 0 Å². The Labute approximate surface area is 122 Å². The van der Waals surface area contributed by atoms with Crippen molar-refractivity contribution in [3.63, 3.8) is 0 Å².